The van der Waals surface area contributed by atoms with Gasteiger partial charge in [0, 0.05) is 38.2 Å². The molecule has 0 spiro atoms. The molecule has 3 rings (SSSR count). The van der Waals surface area contributed by atoms with Crippen molar-refractivity contribution >= 4 is 23.9 Å². The highest BCUT2D eigenvalue weighted by atomic mass is 16.6. The van der Waals surface area contributed by atoms with Gasteiger partial charge in [0.15, 0.2) is 0 Å². The summed E-state index contributed by atoms with van der Waals surface area (Å²) in [6.07, 6.45) is -0.524. The Morgan fingerprint density at radius 2 is 1.60 bits per heavy atom. The van der Waals surface area contributed by atoms with Gasteiger partial charge in [-0.15, -0.1) is 0 Å². The highest BCUT2D eigenvalue weighted by Crippen LogP contribution is 2.26. The number of rotatable bonds is 9. The fraction of sp³-hybridized carbons (Fsp3) is 0.516. The van der Waals surface area contributed by atoms with Crippen LogP contribution in [0.2, 0.25) is 0 Å². The van der Waals surface area contributed by atoms with Gasteiger partial charge in [0.25, 0.3) is 5.91 Å². The minimum atomic E-state index is -1.26. The SMILES string of the molecule is CCOC(=O)N1CCN(C(=O)[C@H](CCC(=O)OC(C)(C)C)NC(=O)c2cc(C(C)(C)O)cc(-c3ccccc3)n2)CC1. The van der Waals surface area contributed by atoms with Crippen molar-refractivity contribution in [2.24, 2.45) is 0 Å². The quantitative estimate of drug-likeness (QED) is 0.429. The molecule has 0 aliphatic carbocycles. The van der Waals surface area contributed by atoms with E-state index in [2.05, 4.69) is 10.3 Å². The predicted octanol–water partition coefficient (Wildman–Crippen LogP) is 3.50. The van der Waals surface area contributed by atoms with E-state index in [0.29, 0.717) is 11.3 Å². The van der Waals surface area contributed by atoms with Crippen LogP contribution in [0.4, 0.5) is 4.79 Å². The van der Waals surface area contributed by atoms with Crippen LogP contribution in [-0.4, -0.2) is 88.2 Å². The van der Waals surface area contributed by atoms with Gasteiger partial charge in [-0.3, -0.25) is 14.4 Å². The number of nitrogens with zero attached hydrogens (tertiary/aromatic N) is 3. The Morgan fingerprint density at radius 1 is 0.976 bits per heavy atom. The first-order chi connectivity index (χ1) is 19.7. The van der Waals surface area contributed by atoms with E-state index in [1.54, 1.807) is 52.5 Å². The summed E-state index contributed by atoms with van der Waals surface area (Å²) in [5.41, 5.74) is -0.199. The maximum absolute atomic E-state index is 13.6. The second kappa shape index (κ2) is 13.8. The van der Waals surface area contributed by atoms with Gasteiger partial charge in [-0.05, 0) is 65.7 Å². The molecule has 1 fully saturated rings. The lowest BCUT2D eigenvalue weighted by molar-refractivity contribution is -0.155. The number of hydrogen-bond acceptors (Lipinski definition) is 8. The number of hydrogen-bond donors (Lipinski definition) is 2. The fourth-order valence-electron chi connectivity index (χ4n) is 4.45. The summed E-state index contributed by atoms with van der Waals surface area (Å²) in [5, 5.41) is 13.5. The molecule has 0 saturated carbocycles. The highest BCUT2D eigenvalue weighted by molar-refractivity contribution is 5.97. The molecule has 0 bridgehead atoms. The summed E-state index contributed by atoms with van der Waals surface area (Å²) in [5.74, 6) is -1.49. The van der Waals surface area contributed by atoms with E-state index in [9.17, 15) is 24.3 Å². The monoisotopic (exact) mass is 582 g/mol. The Hall–Kier alpha value is -3.99. The van der Waals surface area contributed by atoms with Crippen molar-refractivity contribution in [3.63, 3.8) is 0 Å². The molecular formula is C31H42N4O7. The number of carbonyl (C=O) groups excluding carboxylic acids is 4. The molecule has 1 aromatic heterocycles. The van der Waals surface area contributed by atoms with E-state index in [4.69, 9.17) is 9.47 Å². The molecule has 2 N–H and O–H groups in total. The molecule has 2 aromatic rings. The van der Waals surface area contributed by atoms with Gasteiger partial charge >= 0.3 is 12.1 Å². The van der Waals surface area contributed by atoms with Gasteiger partial charge in [0.1, 0.15) is 17.3 Å². The number of benzene rings is 1. The van der Waals surface area contributed by atoms with E-state index < -0.39 is 35.2 Å². The Labute approximate surface area is 247 Å². The average molecular weight is 583 g/mol. The van der Waals surface area contributed by atoms with Crippen LogP contribution in [0, 0.1) is 0 Å². The van der Waals surface area contributed by atoms with Gasteiger partial charge in [0.2, 0.25) is 5.91 Å². The fourth-order valence-corrected chi connectivity index (χ4v) is 4.45. The lowest BCUT2D eigenvalue weighted by Gasteiger charge is -2.36. The minimum Gasteiger partial charge on any atom is -0.460 e. The topological polar surface area (TPSA) is 138 Å². The molecule has 1 atom stereocenters. The summed E-state index contributed by atoms with van der Waals surface area (Å²) in [4.78, 5) is 59.4. The number of aliphatic hydroxyl groups is 1. The molecule has 0 radical (unpaired) electrons. The zero-order valence-corrected chi connectivity index (χ0v) is 25.3. The summed E-state index contributed by atoms with van der Waals surface area (Å²) in [6, 6.07) is 11.4. The van der Waals surface area contributed by atoms with Crippen molar-refractivity contribution < 1.29 is 33.8 Å². The maximum Gasteiger partial charge on any atom is 0.409 e. The lowest BCUT2D eigenvalue weighted by atomic mass is 9.96. The van der Waals surface area contributed by atoms with Gasteiger partial charge in [-0.25, -0.2) is 9.78 Å². The van der Waals surface area contributed by atoms with Crippen LogP contribution in [0.15, 0.2) is 42.5 Å². The van der Waals surface area contributed by atoms with Crippen molar-refractivity contribution in [2.75, 3.05) is 32.8 Å². The zero-order valence-electron chi connectivity index (χ0n) is 25.3. The van der Waals surface area contributed by atoms with Gasteiger partial charge in [0.05, 0.1) is 17.9 Å². The van der Waals surface area contributed by atoms with Crippen molar-refractivity contribution in [1.29, 1.82) is 0 Å². The third-order valence-corrected chi connectivity index (χ3v) is 6.61. The predicted molar refractivity (Wildman–Crippen MR) is 156 cm³/mol. The lowest BCUT2D eigenvalue weighted by Crippen LogP contribution is -2.56. The number of amides is 3. The molecule has 1 aromatic carbocycles. The molecule has 2 heterocycles. The molecule has 11 heteroatoms. The van der Waals surface area contributed by atoms with Crippen molar-refractivity contribution in [3.05, 3.63) is 53.7 Å². The molecule has 1 aliphatic rings. The zero-order chi connectivity index (χ0) is 31.1. The maximum atomic E-state index is 13.6. The van der Waals surface area contributed by atoms with Crippen molar-refractivity contribution in [3.8, 4) is 11.3 Å². The largest absolute Gasteiger partial charge is 0.460 e. The van der Waals surface area contributed by atoms with Gasteiger partial charge in [-0.2, -0.15) is 0 Å². The first-order valence-corrected chi connectivity index (χ1v) is 14.2. The molecule has 3 amide bonds. The summed E-state index contributed by atoms with van der Waals surface area (Å²) < 4.78 is 10.5. The number of nitrogens with one attached hydrogen (secondary N) is 1. The third kappa shape index (κ3) is 9.27. The number of esters is 1. The smallest absolute Gasteiger partial charge is 0.409 e. The van der Waals surface area contributed by atoms with E-state index in [1.807, 2.05) is 30.3 Å². The van der Waals surface area contributed by atoms with Crippen LogP contribution in [-0.2, 0) is 24.7 Å². The van der Waals surface area contributed by atoms with Gasteiger partial charge in [-0.1, -0.05) is 30.3 Å². The van der Waals surface area contributed by atoms with Crippen LogP contribution in [0.5, 0.6) is 0 Å². The molecular weight excluding hydrogens is 540 g/mol. The summed E-state index contributed by atoms with van der Waals surface area (Å²) in [6.45, 7) is 11.5. The molecule has 1 saturated heterocycles. The Balaban J connectivity index is 1.85. The van der Waals surface area contributed by atoms with E-state index >= 15 is 0 Å². The first-order valence-electron chi connectivity index (χ1n) is 14.2. The third-order valence-electron chi connectivity index (χ3n) is 6.61. The van der Waals surface area contributed by atoms with Crippen molar-refractivity contribution in [1.82, 2.24) is 20.1 Å². The normalized spacial score (nSPS) is 14.6. The number of carbonyl (C=O) groups is 4. The first kappa shape index (κ1) is 32.5. The molecule has 1 aliphatic heterocycles. The number of aromatic nitrogens is 1. The van der Waals surface area contributed by atoms with E-state index in [1.165, 1.54) is 11.0 Å². The molecule has 42 heavy (non-hydrogen) atoms. The Morgan fingerprint density at radius 3 is 2.17 bits per heavy atom. The number of ether oxygens (including phenoxy) is 2. The van der Waals surface area contributed by atoms with E-state index in [-0.39, 0.29) is 57.2 Å². The van der Waals surface area contributed by atoms with Crippen LogP contribution in [0.3, 0.4) is 0 Å². The average Bonchev–Trinajstić information content (AvgIpc) is 2.93. The van der Waals surface area contributed by atoms with Crippen LogP contribution in [0.1, 0.15) is 70.4 Å². The molecule has 11 nitrogen and oxygen atoms in total. The number of pyridine rings is 1. The standard InChI is InChI=1S/C31H42N4O7/c1-7-41-29(39)35-17-15-34(16-18-35)28(38)23(13-14-26(36)42-30(2,3)4)33-27(37)25-20-22(31(5,6)40)19-24(32-25)21-11-9-8-10-12-21/h8-12,19-20,23,40H,7,13-18H2,1-6H3,(H,33,37)/t23-/m0/s1. The Kier molecular flexibility index (Phi) is 10.7. The second-order valence-corrected chi connectivity index (χ2v) is 11.7. The summed E-state index contributed by atoms with van der Waals surface area (Å²) >= 11 is 0. The van der Waals surface area contributed by atoms with Crippen LogP contribution in [0.25, 0.3) is 11.3 Å². The van der Waals surface area contributed by atoms with Crippen LogP contribution < -0.4 is 5.32 Å². The van der Waals surface area contributed by atoms with E-state index in [0.717, 1.165) is 5.56 Å². The second-order valence-electron chi connectivity index (χ2n) is 11.7. The number of piperazine rings is 1. The molecule has 0 unspecified atom stereocenters. The minimum absolute atomic E-state index is 0.00824. The Bertz CT molecular complexity index is 1260. The molecule has 228 valence electrons. The van der Waals surface area contributed by atoms with Crippen LogP contribution >= 0.6 is 0 Å². The highest BCUT2D eigenvalue weighted by Gasteiger charge is 2.32. The van der Waals surface area contributed by atoms with Gasteiger partial charge < -0.3 is 29.7 Å². The summed E-state index contributed by atoms with van der Waals surface area (Å²) in [7, 11) is 0. The van der Waals surface area contributed by atoms with Crippen molar-refractivity contribution in [2.45, 2.75) is 71.6 Å².